The Balaban J connectivity index is 2.64. The van der Waals surface area contributed by atoms with Gasteiger partial charge in [-0.2, -0.15) is 0 Å². The maximum Gasteiger partial charge on any atom is 0.241 e. The molecule has 1 aromatic rings. The zero-order valence-corrected chi connectivity index (χ0v) is 5.24. The summed E-state index contributed by atoms with van der Waals surface area (Å²) in [6.07, 6.45) is 6.00. The van der Waals surface area contributed by atoms with Crippen LogP contribution in [0.5, 0.6) is 0 Å². The molecule has 0 aliphatic rings. The minimum atomic E-state index is -0.469. The maximum atomic E-state index is 10.2. The Bertz CT molecular complexity index is 238. The van der Waals surface area contributed by atoms with E-state index in [-0.39, 0.29) is 0 Å². The van der Waals surface area contributed by atoms with E-state index in [1.165, 1.54) is 12.4 Å². The highest BCUT2D eigenvalue weighted by molar-refractivity contribution is 5.89. The van der Waals surface area contributed by atoms with Crippen molar-refractivity contribution in [1.29, 1.82) is 0 Å². The third-order valence-electron chi connectivity index (χ3n) is 0.938. The first-order valence-corrected chi connectivity index (χ1v) is 2.75. The van der Waals surface area contributed by atoms with Gasteiger partial charge in [0.2, 0.25) is 5.91 Å². The van der Waals surface area contributed by atoms with Gasteiger partial charge in [-0.15, -0.1) is 0 Å². The van der Waals surface area contributed by atoms with Crippen molar-refractivity contribution < 1.29 is 4.79 Å². The first kappa shape index (κ1) is 6.54. The Labute approximate surface area is 57.8 Å². The molecule has 0 radical (unpaired) electrons. The number of primary amides is 1. The number of aromatic amines is 1. The standard InChI is InChI=1S/C6H7N3O/c7-6(10)2-1-5-3-8-4-9-5/h1-4H,(H2,7,10)(H,8,9). The summed E-state index contributed by atoms with van der Waals surface area (Å²) in [4.78, 5) is 16.8. The third-order valence-corrected chi connectivity index (χ3v) is 0.938. The van der Waals surface area contributed by atoms with Crippen LogP contribution >= 0.6 is 0 Å². The van der Waals surface area contributed by atoms with Gasteiger partial charge in [0.25, 0.3) is 0 Å². The van der Waals surface area contributed by atoms with Crippen molar-refractivity contribution in [3.8, 4) is 0 Å². The van der Waals surface area contributed by atoms with Crippen LogP contribution < -0.4 is 5.73 Å². The lowest BCUT2D eigenvalue weighted by atomic mass is 10.4. The molecule has 10 heavy (non-hydrogen) atoms. The van der Waals surface area contributed by atoms with Crippen molar-refractivity contribution in [2.24, 2.45) is 5.73 Å². The van der Waals surface area contributed by atoms with Crippen LogP contribution in [-0.4, -0.2) is 15.9 Å². The Morgan fingerprint density at radius 1 is 1.80 bits per heavy atom. The summed E-state index contributed by atoms with van der Waals surface area (Å²) in [7, 11) is 0. The monoisotopic (exact) mass is 137 g/mol. The van der Waals surface area contributed by atoms with Crippen molar-refractivity contribution in [3.05, 3.63) is 24.3 Å². The number of nitrogens with two attached hydrogens (primary N) is 1. The molecular weight excluding hydrogens is 130 g/mol. The summed E-state index contributed by atoms with van der Waals surface area (Å²) >= 11 is 0. The number of aromatic nitrogens is 2. The van der Waals surface area contributed by atoms with Gasteiger partial charge in [-0.25, -0.2) is 4.98 Å². The van der Waals surface area contributed by atoms with Crippen LogP contribution in [0.2, 0.25) is 0 Å². The summed E-state index contributed by atoms with van der Waals surface area (Å²) in [5.74, 6) is -0.469. The Hall–Kier alpha value is -1.58. The van der Waals surface area contributed by atoms with Gasteiger partial charge in [0.05, 0.1) is 12.0 Å². The summed E-state index contributed by atoms with van der Waals surface area (Å²) in [6.45, 7) is 0. The quantitative estimate of drug-likeness (QED) is 0.559. The number of rotatable bonds is 2. The molecule has 4 heteroatoms. The summed E-state index contributed by atoms with van der Waals surface area (Å²) in [6, 6.07) is 0. The van der Waals surface area contributed by atoms with Gasteiger partial charge in [0.15, 0.2) is 0 Å². The highest BCUT2D eigenvalue weighted by atomic mass is 16.1. The SMILES string of the molecule is NC(=O)C=Cc1c[nH]cn1. The summed E-state index contributed by atoms with van der Waals surface area (Å²) < 4.78 is 0. The summed E-state index contributed by atoms with van der Waals surface area (Å²) in [5.41, 5.74) is 5.54. The van der Waals surface area contributed by atoms with Crippen molar-refractivity contribution in [2.45, 2.75) is 0 Å². The molecular formula is C6H7N3O. The number of hydrogen-bond acceptors (Lipinski definition) is 2. The number of nitrogens with one attached hydrogen (secondary N) is 1. The molecule has 0 aliphatic heterocycles. The van der Waals surface area contributed by atoms with E-state index in [4.69, 9.17) is 5.73 Å². The molecule has 0 saturated heterocycles. The van der Waals surface area contributed by atoms with Gasteiger partial charge in [-0.05, 0) is 6.08 Å². The van der Waals surface area contributed by atoms with Gasteiger partial charge < -0.3 is 10.7 Å². The molecule has 1 amide bonds. The predicted octanol–water partition coefficient (Wildman–Crippen LogP) is -0.0918. The lowest BCUT2D eigenvalue weighted by molar-refractivity contribution is -0.113. The fraction of sp³-hybridized carbons (Fsp3) is 0. The summed E-state index contributed by atoms with van der Waals surface area (Å²) in [5, 5.41) is 0. The lowest BCUT2D eigenvalue weighted by Gasteiger charge is -1.78. The molecule has 0 unspecified atom stereocenters. The minimum Gasteiger partial charge on any atom is -0.366 e. The lowest BCUT2D eigenvalue weighted by Crippen LogP contribution is -2.05. The van der Waals surface area contributed by atoms with E-state index < -0.39 is 5.91 Å². The Kier molecular flexibility index (Phi) is 1.84. The van der Waals surface area contributed by atoms with E-state index in [0.717, 1.165) is 0 Å². The molecule has 3 N–H and O–H groups in total. The molecule has 0 saturated carbocycles. The third kappa shape index (κ3) is 1.74. The van der Waals surface area contributed by atoms with E-state index in [0.29, 0.717) is 5.69 Å². The molecule has 1 aromatic heterocycles. The first-order chi connectivity index (χ1) is 4.79. The molecule has 1 heterocycles. The van der Waals surface area contributed by atoms with Crippen LogP contribution in [0.25, 0.3) is 6.08 Å². The number of hydrogen-bond donors (Lipinski definition) is 2. The van der Waals surface area contributed by atoms with Crippen molar-refractivity contribution in [1.82, 2.24) is 9.97 Å². The van der Waals surface area contributed by atoms with Gasteiger partial charge in [-0.1, -0.05) is 0 Å². The van der Waals surface area contributed by atoms with Crippen LogP contribution in [0.4, 0.5) is 0 Å². The fourth-order valence-corrected chi connectivity index (χ4v) is 0.530. The van der Waals surface area contributed by atoms with Gasteiger partial charge in [0, 0.05) is 12.3 Å². The highest BCUT2D eigenvalue weighted by Gasteiger charge is 1.86. The Morgan fingerprint density at radius 3 is 3.10 bits per heavy atom. The van der Waals surface area contributed by atoms with Crippen molar-refractivity contribution in [3.63, 3.8) is 0 Å². The number of carbonyl (C=O) groups is 1. The van der Waals surface area contributed by atoms with E-state index in [2.05, 4.69) is 9.97 Å². The molecule has 0 aliphatic carbocycles. The number of imidazole rings is 1. The number of amides is 1. The molecule has 0 bridgehead atoms. The highest BCUT2D eigenvalue weighted by Crippen LogP contribution is 1.92. The molecule has 0 atom stereocenters. The molecule has 0 fully saturated rings. The zero-order chi connectivity index (χ0) is 7.40. The second-order valence-corrected chi connectivity index (χ2v) is 1.73. The molecule has 4 nitrogen and oxygen atoms in total. The average molecular weight is 137 g/mol. The topological polar surface area (TPSA) is 71.8 Å². The van der Waals surface area contributed by atoms with Crippen LogP contribution in [-0.2, 0) is 4.79 Å². The second kappa shape index (κ2) is 2.82. The van der Waals surface area contributed by atoms with E-state index in [9.17, 15) is 4.79 Å². The molecule has 1 rings (SSSR count). The zero-order valence-electron chi connectivity index (χ0n) is 5.24. The number of H-pyrrole nitrogens is 1. The Morgan fingerprint density at radius 2 is 2.60 bits per heavy atom. The van der Waals surface area contributed by atoms with E-state index in [1.54, 1.807) is 12.3 Å². The van der Waals surface area contributed by atoms with Crippen LogP contribution in [0.3, 0.4) is 0 Å². The van der Waals surface area contributed by atoms with Crippen molar-refractivity contribution in [2.75, 3.05) is 0 Å². The van der Waals surface area contributed by atoms with E-state index in [1.807, 2.05) is 0 Å². The smallest absolute Gasteiger partial charge is 0.241 e. The predicted molar refractivity (Wildman–Crippen MR) is 36.8 cm³/mol. The largest absolute Gasteiger partial charge is 0.366 e. The first-order valence-electron chi connectivity index (χ1n) is 2.75. The van der Waals surface area contributed by atoms with Gasteiger partial charge in [0.1, 0.15) is 0 Å². The van der Waals surface area contributed by atoms with Crippen molar-refractivity contribution >= 4 is 12.0 Å². The van der Waals surface area contributed by atoms with Crippen LogP contribution in [0, 0.1) is 0 Å². The van der Waals surface area contributed by atoms with Gasteiger partial charge >= 0.3 is 0 Å². The van der Waals surface area contributed by atoms with E-state index >= 15 is 0 Å². The fourth-order valence-electron chi connectivity index (χ4n) is 0.530. The molecule has 0 spiro atoms. The maximum absolute atomic E-state index is 10.2. The minimum absolute atomic E-state index is 0.469. The number of carbonyl (C=O) groups excluding carboxylic acids is 1. The second-order valence-electron chi connectivity index (χ2n) is 1.73. The van der Waals surface area contributed by atoms with Crippen LogP contribution in [0.1, 0.15) is 5.69 Å². The average Bonchev–Trinajstić information content (AvgIpc) is 2.34. The molecule has 52 valence electrons. The van der Waals surface area contributed by atoms with Crippen LogP contribution in [0.15, 0.2) is 18.6 Å². The van der Waals surface area contributed by atoms with Gasteiger partial charge in [-0.3, -0.25) is 4.79 Å². The molecule has 0 aromatic carbocycles. The normalized spacial score (nSPS) is 10.4. The number of nitrogens with zero attached hydrogens (tertiary/aromatic N) is 1.